The van der Waals surface area contributed by atoms with Crippen LogP contribution >= 0.6 is 0 Å². The van der Waals surface area contributed by atoms with Crippen molar-refractivity contribution in [2.75, 3.05) is 0 Å². The van der Waals surface area contributed by atoms with Crippen LogP contribution in [0.4, 0.5) is 8.78 Å². The van der Waals surface area contributed by atoms with Crippen molar-refractivity contribution in [3.05, 3.63) is 33.2 Å². The van der Waals surface area contributed by atoms with Gasteiger partial charge in [0.15, 0.2) is 6.29 Å². The average molecular weight is 198 g/mol. The van der Waals surface area contributed by atoms with Gasteiger partial charge in [0.1, 0.15) is 11.6 Å². The molecule has 0 amide bonds. The quantitative estimate of drug-likeness (QED) is 0.720. The molecule has 1 rings (SSSR count). The van der Waals surface area contributed by atoms with Crippen LogP contribution in [-0.2, 0) is 0 Å². The SMILES string of the molecule is N#Cc1c(C=O)cc(C(F)F)[nH]c1=O. The number of nitrogens with zero attached hydrogens (tertiary/aromatic N) is 1. The highest BCUT2D eigenvalue weighted by molar-refractivity contribution is 5.78. The molecule has 0 bridgehead atoms. The van der Waals surface area contributed by atoms with Gasteiger partial charge in [-0.3, -0.25) is 9.59 Å². The molecule has 0 fully saturated rings. The number of alkyl halides is 2. The van der Waals surface area contributed by atoms with Gasteiger partial charge in [0.25, 0.3) is 12.0 Å². The van der Waals surface area contributed by atoms with Gasteiger partial charge in [-0.1, -0.05) is 0 Å². The van der Waals surface area contributed by atoms with Crippen molar-refractivity contribution < 1.29 is 13.6 Å². The third-order valence-electron chi connectivity index (χ3n) is 1.56. The molecule has 0 saturated heterocycles. The van der Waals surface area contributed by atoms with Crippen LogP contribution < -0.4 is 5.56 Å². The topological polar surface area (TPSA) is 73.7 Å². The zero-order valence-corrected chi connectivity index (χ0v) is 6.75. The summed E-state index contributed by atoms with van der Waals surface area (Å²) in [5, 5.41) is 8.44. The second kappa shape index (κ2) is 3.79. The van der Waals surface area contributed by atoms with Crippen LogP contribution in [0.1, 0.15) is 28.0 Å². The Bertz CT molecular complexity index is 459. The number of nitrogens with one attached hydrogen (secondary N) is 1. The summed E-state index contributed by atoms with van der Waals surface area (Å²) in [5.41, 5.74) is -2.43. The van der Waals surface area contributed by atoms with E-state index in [0.717, 1.165) is 6.07 Å². The van der Waals surface area contributed by atoms with Crippen LogP contribution in [-0.4, -0.2) is 11.3 Å². The minimum absolute atomic E-state index is 0.194. The van der Waals surface area contributed by atoms with E-state index in [1.54, 1.807) is 0 Å². The predicted octanol–water partition coefficient (Wildman–Crippen LogP) is 0.997. The molecule has 0 aliphatic heterocycles. The van der Waals surface area contributed by atoms with Gasteiger partial charge in [-0.05, 0) is 6.07 Å². The largest absolute Gasteiger partial charge is 0.320 e. The molecule has 6 heteroatoms. The number of rotatable bonds is 2. The third kappa shape index (κ3) is 1.66. The summed E-state index contributed by atoms with van der Waals surface area (Å²) in [7, 11) is 0. The molecule has 0 spiro atoms. The van der Waals surface area contributed by atoms with E-state index in [1.165, 1.54) is 6.07 Å². The van der Waals surface area contributed by atoms with E-state index in [-0.39, 0.29) is 11.8 Å². The van der Waals surface area contributed by atoms with Crippen molar-refractivity contribution >= 4 is 6.29 Å². The van der Waals surface area contributed by atoms with E-state index < -0.39 is 23.2 Å². The number of aldehydes is 1. The number of nitriles is 1. The lowest BCUT2D eigenvalue weighted by Gasteiger charge is -2.00. The first-order valence-corrected chi connectivity index (χ1v) is 3.50. The molecular formula is C8H4F2N2O2. The number of aromatic amines is 1. The molecule has 0 aromatic carbocycles. The molecule has 0 unspecified atom stereocenters. The molecule has 1 N–H and O–H groups in total. The number of hydrogen-bond donors (Lipinski definition) is 1. The smallest absolute Gasteiger partial charge is 0.278 e. The maximum absolute atomic E-state index is 12.1. The molecule has 72 valence electrons. The van der Waals surface area contributed by atoms with Gasteiger partial charge in [-0.15, -0.1) is 0 Å². The Hall–Kier alpha value is -2.03. The minimum Gasteiger partial charge on any atom is -0.320 e. The maximum Gasteiger partial charge on any atom is 0.278 e. The number of H-pyrrole nitrogens is 1. The first-order valence-electron chi connectivity index (χ1n) is 3.50. The van der Waals surface area contributed by atoms with E-state index >= 15 is 0 Å². The van der Waals surface area contributed by atoms with Crippen LogP contribution in [0.5, 0.6) is 0 Å². The first-order chi connectivity index (χ1) is 6.60. The van der Waals surface area contributed by atoms with Crippen LogP contribution in [0.3, 0.4) is 0 Å². The molecule has 0 radical (unpaired) electrons. The molecule has 4 nitrogen and oxygen atoms in total. The predicted molar refractivity (Wildman–Crippen MR) is 42.1 cm³/mol. The van der Waals surface area contributed by atoms with Crippen molar-refractivity contribution in [3.63, 3.8) is 0 Å². The zero-order chi connectivity index (χ0) is 10.7. The Morgan fingerprint density at radius 3 is 2.64 bits per heavy atom. The lowest BCUT2D eigenvalue weighted by atomic mass is 10.1. The number of halogens is 2. The Morgan fingerprint density at radius 2 is 2.21 bits per heavy atom. The van der Waals surface area contributed by atoms with Gasteiger partial charge < -0.3 is 4.98 Å². The second-order valence-corrected chi connectivity index (χ2v) is 2.41. The molecular weight excluding hydrogens is 194 g/mol. The van der Waals surface area contributed by atoms with Crippen LogP contribution in [0.15, 0.2) is 10.9 Å². The van der Waals surface area contributed by atoms with Crippen molar-refractivity contribution in [2.45, 2.75) is 6.43 Å². The summed E-state index contributed by atoms with van der Waals surface area (Å²) >= 11 is 0. The maximum atomic E-state index is 12.1. The molecule has 1 heterocycles. The summed E-state index contributed by atoms with van der Waals surface area (Å²) < 4.78 is 24.3. The number of carbonyl (C=O) groups excluding carboxylic acids is 1. The van der Waals surface area contributed by atoms with Gasteiger partial charge >= 0.3 is 0 Å². The van der Waals surface area contributed by atoms with Gasteiger partial charge in [0, 0.05) is 5.56 Å². The lowest BCUT2D eigenvalue weighted by molar-refractivity contribution is 0.112. The fourth-order valence-electron chi connectivity index (χ4n) is 0.926. The highest BCUT2D eigenvalue weighted by atomic mass is 19.3. The Morgan fingerprint density at radius 1 is 1.57 bits per heavy atom. The van der Waals surface area contributed by atoms with Crippen molar-refractivity contribution in [3.8, 4) is 6.07 Å². The number of carbonyl (C=O) groups is 1. The van der Waals surface area contributed by atoms with E-state index in [1.807, 2.05) is 4.98 Å². The zero-order valence-electron chi connectivity index (χ0n) is 6.75. The summed E-state index contributed by atoms with van der Waals surface area (Å²) in [5.74, 6) is 0. The van der Waals surface area contributed by atoms with E-state index in [9.17, 15) is 18.4 Å². The standard InChI is InChI=1S/C8H4F2N2O2/c9-7(10)6-1-4(3-13)5(2-11)8(14)12-6/h1,3,7H,(H,12,14). The van der Waals surface area contributed by atoms with Gasteiger partial charge in [-0.25, -0.2) is 8.78 Å². The Balaban J connectivity index is 3.49. The average Bonchev–Trinajstić information content (AvgIpc) is 2.16. The summed E-state index contributed by atoms with van der Waals surface area (Å²) in [4.78, 5) is 23.2. The molecule has 1 aromatic rings. The summed E-state index contributed by atoms with van der Waals surface area (Å²) in [6, 6.07) is 2.25. The number of aromatic nitrogens is 1. The van der Waals surface area contributed by atoms with Gasteiger partial charge in [0.2, 0.25) is 0 Å². The third-order valence-corrected chi connectivity index (χ3v) is 1.56. The molecule has 0 atom stereocenters. The van der Waals surface area contributed by atoms with Gasteiger partial charge in [0.05, 0.1) is 5.69 Å². The van der Waals surface area contributed by atoms with E-state index in [4.69, 9.17) is 5.26 Å². The molecule has 0 saturated carbocycles. The minimum atomic E-state index is -2.88. The van der Waals surface area contributed by atoms with Crippen molar-refractivity contribution in [2.24, 2.45) is 0 Å². The van der Waals surface area contributed by atoms with Gasteiger partial charge in [-0.2, -0.15) is 5.26 Å². The Kier molecular flexibility index (Phi) is 2.72. The number of hydrogen-bond acceptors (Lipinski definition) is 3. The molecule has 0 aliphatic rings. The van der Waals surface area contributed by atoms with Crippen molar-refractivity contribution in [1.29, 1.82) is 5.26 Å². The van der Waals surface area contributed by atoms with E-state index in [2.05, 4.69) is 0 Å². The summed E-state index contributed by atoms with van der Waals surface area (Å²) in [6.45, 7) is 0. The fourth-order valence-corrected chi connectivity index (χ4v) is 0.926. The summed E-state index contributed by atoms with van der Waals surface area (Å²) in [6.07, 6.45) is -2.69. The molecule has 1 aromatic heterocycles. The molecule has 14 heavy (non-hydrogen) atoms. The van der Waals surface area contributed by atoms with Crippen LogP contribution in [0, 0.1) is 11.3 Å². The van der Waals surface area contributed by atoms with Crippen molar-refractivity contribution in [1.82, 2.24) is 4.98 Å². The monoisotopic (exact) mass is 198 g/mol. The van der Waals surface area contributed by atoms with E-state index in [0.29, 0.717) is 0 Å². The number of pyridine rings is 1. The van der Waals surface area contributed by atoms with Crippen LogP contribution in [0.2, 0.25) is 0 Å². The molecule has 0 aliphatic carbocycles. The lowest BCUT2D eigenvalue weighted by Crippen LogP contribution is -2.15. The first kappa shape index (κ1) is 10.1. The fraction of sp³-hybridized carbons (Fsp3) is 0.125. The van der Waals surface area contributed by atoms with Crippen LogP contribution in [0.25, 0.3) is 0 Å². The second-order valence-electron chi connectivity index (χ2n) is 2.41. The normalized spacial score (nSPS) is 9.86. The highest BCUT2D eigenvalue weighted by Crippen LogP contribution is 2.16. The highest BCUT2D eigenvalue weighted by Gasteiger charge is 2.13. The Labute approximate surface area is 76.8 Å².